The van der Waals surface area contributed by atoms with E-state index in [9.17, 15) is 9.59 Å². The minimum atomic E-state index is -0.559. The first-order valence-corrected chi connectivity index (χ1v) is 10.4. The first-order valence-electron chi connectivity index (χ1n) is 10.4. The zero-order chi connectivity index (χ0) is 21.5. The Hall–Kier alpha value is -3.02. The van der Waals surface area contributed by atoms with Crippen LogP contribution < -0.4 is 15.0 Å². The lowest BCUT2D eigenvalue weighted by Crippen LogP contribution is -2.39. The van der Waals surface area contributed by atoms with Gasteiger partial charge in [0.1, 0.15) is 11.4 Å². The molecule has 158 valence electrons. The van der Waals surface area contributed by atoms with Gasteiger partial charge in [0.2, 0.25) is 0 Å². The molecule has 2 amide bonds. The van der Waals surface area contributed by atoms with Gasteiger partial charge < -0.3 is 14.8 Å². The molecule has 0 aromatic heterocycles. The zero-order valence-corrected chi connectivity index (χ0v) is 17.9. The average Bonchev–Trinajstić information content (AvgIpc) is 3.03. The fourth-order valence-corrected chi connectivity index (χ4v) is 4.04. The summed E-state index contributed by atoms with van der Waals surface area (Å²) in [5.74, 6) is 0.587. The zero-order valence-electron chi connectivity index (χ0n) is 17.9. The molecule has 0 bridgehead atoms. The summed E-state index contributed by atoms with van der Waals surface area (Å²) in [5.41, 5.74) is 3.07. The van der Waals surface area contributed by atoms with Gasteiger partial charge >= 0.3 is 6.09 Å². The van der Waals surface area contributed by atoms with Gasteiger partial charge in [-0.15, -0.1) is 0 Å². The summed E-state index contributed by atoms with van der Waals surface area (Å²) in [5, 5.41) is 2.98. The van der Waals surface area contributed by atoms with Crippen molar-refractivity contribution in [3.05, 3.63) is 53.6 Å². The average molecular weight is 408 g/mol. The van der Waals surface area contributed by atoms with E-state index in [1.165, 1.54) is 0 Å². The molecule has 2 aliphatic rings. The van der Waals surface area contributed by atoms with Gasteiger partial charge in [-0.2, -0.15) is 0 Å². The Bertz CT molecular complexity index is 979. The molecular formula is C24H28N2O4. The SMILES string of the molecule is CC1c2ccccc2OC1C(=O)Nc1ccc2c(c1)CCCN2C(=O)OC(C)(C)C. The number of fused-ring (bicyclic) bond motifs is 2. The van der Waals surface area contributed by atoms with E-state index in [1.807, 2.05) is 70.2 Å². The van der Waals surface area contributed by atoms with E-state index >= 15 is 0 Å². The maximum atomic E-state index is 12.9. The van der Waals surface area contributed by atoms with Crippen molar-refractivity contribution in [2.24, 2.45) is 0 Å². The number of hydrogen-bond acceptors (Lipinski definition) is 4. The molecule has 0 radical (unpaired) electrons. The summed E-state index contributed by atoms with van der Waals surface area (Å²) >= 11 is 0. The first-order chi connectivity index (χ1) is 14.2. The van der Waals surface area contributed by atoms with E-state index in [1.54, 1.807) is 4.90 Å². The molecule has 0 aliphatic carbocycles. The Balaban J connectivity index is 1.48. The van der Waals surface area contributed by atoms with Crippen molar-refractivity contribution in [2.45, 2.75) is 58.2 Å². The fraction of sp³-hybridized carbons (Fsp3) is 0.417. The predicted octanol–water partition coefficient (Wildman–Crippen LogP) is 4.88. The highest BCUT2D eigenvalue weighted by molar-refractivity contribution is 5.96. The number of hydrogen-bond donors (Lipinski definition) is 1. The van der Waals surface area contributed by atoms with Crippen LogP contribution in [0.2, 0.25) is 0 Å². The topological polar surface area (TPSA) is 67.9 Å². The smallest absolute Gasteiger partial charge is 0.414 e. The van der Waals surface area contributed by atoms with Crippen molar-refractivity contribution in [1.29, 1.82) is 0 Å². The molecule has 2 heterocycles. The minimum absolute atomic E-state index is 0.0125. The lowest BCUT2D eigenvalue weighted by atomic mass is 9.97. The lowest BCUT2D eigenvalue weighted by molar-refractivity contribution is -0.122. The summed E-state index contributed by atoms with van der Waals surface area (Å²) in [6.07, 6.45) is 0.796. The molecule has 2 unspecified atom stereocenters. The van der Waals surface area contributed by atoms with E-state index in [0.717, 1.165) is 35.4 Å². The molecule has 0 saturated heterocycles. The van der Waals surface area contributed by atoms with E-state index in [-0.39, 0.29) is 17.9 Å². The molecule has 2 aromatic rings. The summed E-state index contributed by atoms with van der Waals surface area (Å²) in [6, 6.07) is 13.4. The number of nitrogens with zero attached hydrogens (tertiary/aromatic N) is 1. The monoisotopic (exact) mass is 408 g/mol. The van der Waals surface area contributed by atoms with E-state index in [4.69, 9.17) is 9.47 Å². The second-order valence-corrected chi connectivity index (χ2v) is 8.93. The summed E-state index contributed by atoms with van der Waals surface area (Å²) < 4.78 is 11.4. The van der Waals surface area contributed by atoms with Gasteiger partial charge in [-0.05, 0) is 63.4 Å². The number of aryl methyl sites for hydroxylation is 1. The number of carbonyl (C=O) groups is 2. The van der Waals surface area contributed by atoms with Crippen LogP contribution in [0.1, 0.15) is 51.2 Å². The van der Waals surface area contributed by atoms with Crippen LogP contribution in [-0.2, 0) is 16.0 Å². The summed E-state index contributed by atoms with van der Waals surface area (Å²) in [7, 11) is 0. The van der Waals surface area contributed by atoms with Gasteiger partial charge in [0, 0.05) is 23.7 Å². The molecule has 6 heteroatoms. The Kier molecular flexibility index (Phi) is 5.18. The van der Waals surface area contributed by atoms with Crippen LogP contribution in [0.4, 0.5) is 16.2 Å². The van der Waals surface area contributed by atoms with Crippen LogP contribution in [0.25, 0.3) is 0 Å². The third-order valence-electron chi connectivity index (χ3n) is 5.46. The minimum Gasteiger partial charge on any atom is -0.480 e. The molecule has 0 spiro atoms. The van der Waals surface area contributed by atoms with E-state index < -0.39 is 11.7 Å². The molecule has 2 aliphatic heterocycles. The number of amides is 2. The molecule has 30 heavy (non-hydrogen) atoms. The largest absolute Gasteiger partial charge is 0.480 e. The molecule has 6 nitrogen and oxygen atoms in total. The highest BCUT2D eigenvalue weighted by Crippen LogP contribution is 2.38. The number of nitrogens with one attached hydrogen (secondary N) is 1. The number of ether oxygens (including phenoxy) is 2. The van der Waals surface area contributed by atoms with Gasteiger partial charge in [-0.25, -0.2) is 4.79 Å². The van der Waals surface area contributed by atoms with Crippen molar-refractivity contribution in [2.75, 3.05) is 16.8 Å². The second kappa shape index (κ2) is 7.67. The van der Waals surface area contributed by atoms with Crippen molar-refractivity contribution in [3.63, 3.8) is 0 Å². The Morgan fingerprint density at radius 3 is 2.67 bits per heavy atom. The number of para-hydroxylation sites is 1. The van der Waals surface area contributed by atoms with Crippen LogP contribution in [0.3, 0.4) is 0 Å². The molecule has 0 fully saturated rings. The van der Waals surface area contributed by atoms with Crippen molar-refractivity contribution in [1.82, 2.24) is 0 Å². The van der Waals surface area contributed by atoms with Gasteiger partial charge in [-0.1, -0.05) is 25.1 Å². The number of benzene rings is 2. The maximum absolute atomic E-state index is 12.9. The van der Waals surface area contributed by atoms with Crippen molar-refractivity contribution in [3.8, 4) is 5.75 Å². The Labute approximate surface area is 177 Å². The van der Waals surface area contributed by atoms with E-state index in [2.05, 4.69) is 5.32 Å². The molecule has 4 rings (SSSR count). The Morgan fingerprint density at radius 2 is 1.93 bits per heavy atom. The molecular weight excluding hydrogens is 380 g/mol. The van der Waals surface area contributed by atoms with Crippen LogP contribution in [-0.4, -0.2) is 30.3 Å². The van der Waals surface area contributed by atoms with Gasteiger partial charge in [0.05, 0.1) is 5.69 Å². The number of anilines is 2. The normalized spacial score (nSPS) is 20.1. The standard InChI is InChI=1S/C24H28N2O4/c1-15-18-9-5-6-10-20(18)29-21(15)22(27)25-17-11-12-19-16(14-17)8-7-13-26(19)23(28)30-24(2,3)4/h5-6,9-12,14-15,21H,7-8,13H2,1-4H3,(H,25,27). The third-order valence-corrected chi connectivity index (χ3v) is 5.46. The highest BCUT2D eigenvalue weighted by atomic mass is 16.6. The molecule has 0 saturated carbocycles. The molecule has 2 aromatic carbocycles. The second-order valence-electron chi connectivity index (χ2n) is 8.93. The van der Waals surface area contributed by atoms with Crippen LogP contribution in [0, 0.1) is 0 Å². The van der Waals surface area contributed by atoms with Crippen molar-refractivity contribution < 1.29 is 19.1 Å². The maximum Gasteiger partial charge on any atom is 0.414 e. The predicted molar refractivity (Wildman–Crippen MR) is 116 cm³/mol. The van der Waals surface area contributed by atoms with Gasteiger partial charge in [0.15, 0.2) is 6.10 Å². The van der Waals surface area contributed by atoms with Crippen LogP contribution >= 0.6 is 0 Å². The third kappa shape index (κ3) is 3.99. The van der Waals surface area contributed by atoms with Crippen molar-refractivity contribution >= 4 is 23.4 Å². The highest BCUT2D eigenvalue weighted by Gasteiger charge is 2.36. The number of carbonyl (C=O) groups excluding carboxylic acids is 2. The first kappa shape index (κ1) is 20.3. The fourth-order valence-electron chi connectivity index (χ4n) is 4.04. The van der Waals surface area contributed by atoms with E-state index in [0.29, 0.717) is 12.2 Å². The Morgan fingerprint density at radius 1 is 1.17 bits per heavy atom. The summed E-state index contributed by atoms with van der Waals surface area (Å²) in [4.78, 5) is 27.1. The van der Waals surface area contributed by atoms with Gasteiger partial charge in [-0.3, -0.25) is 9.69 Å². The quantitative estimate of drug-likeness (QED) is 0.769. The lowest BCUT2D eigenvalue weighted by Gasteiger charge is -2.32. The van der Waals surface area contributed by atoms with Crippen LogP contribution in [0.15, 0.2) is 42.5 Å². The van der Waals surface area contributed by atoms with Gasteiger partial charge in [0.25, 0.3) is 5.91 Å². The number of rotatable bonds is 2. The molecule has 2 atom stereocenters. The summed E-state index contributed by atoms with van der Waals surface area (Å²) in [6.45, 7) is 8.21. The van der Waals surface area contributed by atoms with Crippen LogP contribution in [0.5, 0.6) is 5.75 Å². The molecule has 1 N–H and O–H groups in total.